The molecule has 0 saturated carbocycles. The molecule has 0 spiro atoms. The maximum absolute atomic E-state index is 11.1. The van der Waals surface area contributed by atoms with E-state index in [1.54, 1.807) is 6.07 Å². The first-order valence-corrected chi connectivity index (χ1v) is 8.36. The van der Waals surface area contributed by atoms with E-state index in [0.29, 0.717) is 25.2 Å². The van der Waals surface area contributed by atoms with Gasteiger partial charge in [0.25, 0.3) is 0 Å². The lowest BCUT2D eigenvalue weighted by molar-refractivity contribution is 0.0697. The van der Waals surface area contributed by atoms with Gasteiger partial charge in [-0.05, 0) is 31.5 Å². The maximum atomic E-state index is 11.1. The Kier molecular flexibility index (Phi) is 5.38. The number of nitrogen functional groups attached to an aromatic ring is 1. The number of benzene rings is 1. The lowest BCUT2D eigenvalue weighted by Crippen LogP contribution is -2.26. The van der Waals surface area contributed by atoms with Crippen molar-refractivity contribution in [2.45, 2.75) is 13.3 Å². The van der Waals surface area contributed by atoms with E-state index in [4.69, 9.17) is 10.8 Å². The van der Waals surface area contributed by atoms with Crippen LogP contribution in [0.5, 0.6) is 0 Å². The van der Waals surface area contributed by atoms with Crippen LogP contribution in [0.2, 0.25) is 0 Å². The first-order valence-electron chi connectivity index (χ1n) is 6.30. The van der Waals surface area contributed by atoms with E-state index in [2.05, 4.69) is 0 Å². The minimum atomic E-state index is -2.97. The van der Waals surface area contributed by atoms with E-state index in [9.17, 15) is 13.2 Å². The molecule has 0 atom stereocenters. The number of carboxylic acid groups (broad SMARTS) is 1. The molecule has 0 saturated heterocycles. The Labute approximate surface area is 119 Å². The number of carbonyl (C=O) groups is 1. The van der Waals surface area contributed by atoms with Crippen LogP contribution in [0.25, 0.3) is 0 Å². The van der Waals surface area contributed by atoms with Gasteiger partial charge in [0.05, 0.1) is 22.7 Å². The Balaban J connectivity index is 2.82. The van der Waals surface area contributed by atoms with Gasteiger partial charge >= 0.3 is 5.97 Å². The van der Waals surface area contributed by atoms with Crippen molar-refractivity contribution >= 4 is 27.2 Å². The highest BCUT2D eigenvalue weighted by Gasteiger charge is 2.12. The Morgan fingerprint density at radius 2 is 2.05 bits per heavy atom. The molecule has 0 bridgehead atoms. The monoisotopic (exact) mass is 300 g/mol. The highest BCUT2D eigenvalue weighted by molar-refractivity contribution is 7.90. The number of nitrogens with two attached hydrogens (primary N) is 1. The lowest BCUT2D eigenvalue weighted by Gasteiger charge is -2.24. The molecule has 0 aromatic heterocycles. The average Bonchev–Trinajstić information content (AvgIpc) is 2.34. The van der Waals surface area contributed by atoms with Gasteiger partial charge < -0.3 is 15.7 Å². The summed E-state index contributed by atoms with van der Waals surface area (Å²) < 4.78 is 22.2. The standard InChI is InChI=1S/C13H20N2O4S/c1-3-15(7-4-8-20(2,18)19)12-6-5-10(13(16)17)9-11(12)14/h5-6,9H,3-4,7-8,14H2,1-2H3,(H,16,17). The number of hydrogen-bond acceptors (Lipinski definition) is 5. The topological polar surface area (TPSA) is 101 Å². The molecule has 0 amide bonds. The quantitative estimate of drug-likeness (QED) is 0.734. The molecule has 0 aliphatic heterocycles. The molecule has 0 radical (unpaired) electrons. The Bertz CT molecular complexity index is 584. The second kappa shape index (κ2) is 6.60. The van der Waals surface area contributed by atoms with E-state index in [1.165, 1.54) is 18.4 Å². The van der Waals surface area contributed by atoms with Crippen LogP contribution in [0, 0.1) is 0 Å². The zero-order chi connectivity index (χ0) is 15.3. The molecule has 1 rings (SSSR count). The SMILES string of the molecule is CCN(CCCS(C)(=O)=O)c1ccc(C(=O)O)cc1N. The summed E-state index contributed by atoms with van der Waals surface area (Å²) in [6.45, 7) is 3.16. The predicted octanol–water partition coefficient (Wildman–Crippen LogP) is 1.23. The van der Waals surface area contributed by atoms with Crippen LogP contribution in [-0.2, 0) is 9.84 Å². The fourth-order valence-corrected chi connectivity index (χ4v) is 2.60. The third-order valence-corrected chi connectivity index (χ3v) is 3.97. The fourth-order valence-electron chi connectivity index (χ4n) is 1.94. The van der Waals surface area contributed by atoms with Crippen LogP contribution in [0.4, 0.5) is 11.4 Å². The number of sulfone groups is 1. The molecule has 0 aliphatic carbocycles. The van der Waals surface area contributed by atoms with E-state index in [1.807, 2.05) is 11.8 Å². The molecule has 7 heteroatoms. The zero-order valence-corrected chi connectivity index (χ0v) is 12.5. The van der Waals surface area contributed by atoms with Crippen molar-refractivity contribution in [3.8, 4) is 0 Å². The van der Waals surface area contributed by atoms with Crippen LogP contribution in [0.1, 0.15) is 23.7 Å². The molecular formula is C13H20N2O4S. The van der Waals surface area contributed by atoms with Gasteiger partial charge in [-0.3, -0.25) is 0 Å². The second-order valence-corrected chi connectivity index (χ2v) is 6.90. The summed E-state index contributed by atoms with van der Waals surface area (Å²) in [4.78, 5) is 12.8. The number of aromatic carboxylic acids is 1. The summed E-state index contributed by atoms with van der Waals surface area (Å²) in [5.74, 6) is -0.903. The van der Waals surface area contributed by atoms with Crippen molar-refractivity contribution in [1.29, 1.82) is 0 Å². The van der Waals surface area contributed by atoms with Gasteiger partial charge in [0.15, 0.2) is 0 Å². The van der Waals surface area contributed by atoms with Crippen molar-refractivity contribution in [2.75, 3.05) is 35.7 Å². The molecule has 0 aliphatic rings. The molecule has 3 N–H and O–H groups in total. The highest BCUT2D eigenvalue weighted by Crippen LogP contribution is 2.24. The molecule has 1 aromatic rings. The van der Waals surface area contributed by atoms with E-state index < -0.39 is 15.8 Å². The Morgan fingerprint density at radius 3 is 2.50 bits per heavy atom. The predicted molar refractivity (Wildman–Crippen MR) is 80.0 cm³/mol. The molecule has 112 valence electrons. The summed E-state index contributed by atoms with van der Waals surface area (Å²) >= 11 is 0. The average molecular weight is 300 g/mol. The van der Waals surface area contributed by atoms with Crippen LogP contribution >= 0.6 is 0 Å². The molecule has 1 aromatic carbocycles. The first kappa shape index (κ1) is 16.3. The minimum absolute atomic E-state index is 0.122. The summed E-state index contributed by atoms with van der Waals surface area (Å²) in [5.41, 5.74) is 7.12. The number of anilines is 2. The smallest absolute Gasteiger partial charge is 0.335 e. The number of rotatable bonds is 7. The summed E-state index contributed by atoms with van der Waals surface area (Å²) in [6.07, 6.45) is 1.71. The van der Waals surface area contributed by atoms with Crippen LogP contribution in [0.3, 0.4) is 0 Å². The van der Waals surface area contributed by atoms with Gasteiger partial charge in [0, 0.05) is 19.3 Å². The number of carboxylic acids is 1. The maximum Gasteiger partial charge on any atom is 0.335 e. The van der Waals surface area contributed by atoms with Crippen LogP contribution in [0.15, 0.2) is 18.2 Å². The van der Waals surface area contributed by atoms with E-state index in [0.717, 1.165) is 5.69 Å². The summed E-state index contributed by atoms with van der Waals surface area (Å²) in [7, 11) is -2.97. The van der Waals surface area contributed by atoms with Gasteiger partial charge in [0.2, 0.25) is 0 Å². The number of hydrogen-bond donors (Lipinski definition) is 2. The molecule has 0 fully saturated rings. The third kappa shape index (κ3) is 4.73. The normalized spacial score (nSPS) is 11.3. The second-order valence-electron chi connectivity index (χ2n) is 4.64. The molecule has 6 nitrogen and oxygen atoms in total. The zero-order valence-electron chi connectivity index (χ0n) is 11.7. The van der Waals surface area contributed by atoms with Gasteiger partial charge in [-0.2, -0.15) is 0 Å². The highest BCUT2D eigenvalue weighted by atomic mass is 32.2. The van der Waals surface area contributed by atoms with Crippen molar-refractivity contribution in [1.82, 2.24) is 0 Å². The van der Waals surface area contributed by atoms with Gasteiger partial charge in [-0.25, -0.2) is 13.2 Å². The fraction of sp³-hybridized carbons (Fsp3) is 0.462. The molecule has 0 heterocycles. The van der Waals surface area contributed by atoms with Crippen molar-refractivity contribution < 1.29 is 18.3 Å². The summed E-state index contributed by atoms with van der Waals surface area (Å²) in [5, 5.41) is 8.89. The van der Waals surface area contributed by atoms with Crippen molar-refractivity contribution in [2.24, 2.45) is 0 Å². The Morgan fingerprint density at radius 1 is 1.40 bits per heavy atom. The lowest BCUT2D eigenvalue weighted by atomic mass is 10.1. The van der Waals surface area contributed by atoms with E-state index >= 15 is 0 Å². The van der Waals surface area contributed by atoms with Crippen LogP contribution in [-0.4, -0.2) is 44.6 Å². The molecular weight excluding hydrogens is 280 g/mol. The molecule has 0 unspecified atom stereocenters. The largest absolute Gasteiger partial charge is 0.478 e. The van der Waals surface area contributed by atoms with Gasteiger partial charge in [0.1, 0.15) is 9.84 Å². The minimum Gasteiger partial charge on any atom is -0.478 e. The van der Waals surface area contributed by atoms with Gasteiger partial charge in [-0.1, -0.05) is 0 Å². The van der Waals surface area contributed by atoms with Crippen molar-refractivity contribution in [3.05, 3.63) is 23.8 Å². The van der Waals surface area contributed by atoms with Gasteiger partial charge in [-0.15, -0.1) is 0 Å². The van der Waals surface area contributed by atoms with Crippen molar-refractivity contribution in [3.63, 3.8) is 0 Å². The van der Waals surface area contributed by atoms with E-state index in [-0.39, 0.29) is 11.3 Å². The van der Waals surface area contributed by atoms with Crippen LogP contribution < -0.4 is 10.6 Å². The summed E-state index contributed by atoms with van der Waals surface area (Å²) in [6, 6.07) is 4.56. The molecule has 20 heavy (non-hydrogen) atoms. The number of nitrogens with zero attached hydrogens (tertiary/aromatic N) is 1. The first-order chi connectivity index (χ1) is 9.24. The Hall–Kier alpha value is -1.76. The third-order valence-electron chi connectivity index (χ3n) is 2.94.